The smallest absolute Gasteiger partial charge is 0.417 e. The Morgan fingerprint density at radius 2 is 1.82 bits per heavy atom. The van der Waals surface area contributed by atoms with Gasteiger partial charge in [-0.1, -0.05) is 17.7 Å². The maximum absolute atomic E-state index is 14.8. The van der Waals surface area contributed by atoms with Crippen LogP contribution in [0.1, 0.15) is 11.1 Å². The van der Waals surface area contributed by atoms with E-state index in [9.17, 15) is 40.3 Å². The topological polar surface area (TPSA) is 70.7 Å². The number of alkyl halides is 6. The lowest BCUT2D eigenvalue weighted by molar-refractivity contribution is -0.142. The molecule has 6 nitrogen and oxygen atoms in total. The first kappa shape index (κ1) is 24.4. The van der Waals surface area contributed by atoms with Crippen molar-refractivity contribution >= 4 is 35.1 Å². The van der Waals surface area contributed by atoms with Crippen LogP contribution in [0.5, 0.6) is 0 Å². The highest BCUT2D eigenvalue weighted by Crippen LogP contribution is 2.48. The van der Waals surface area contributed by atoms with Gasteiger partial charge in [0.1, 0.15) is 0 Å². The third-order valence-corrected chi connectivity index (χ3v) is 5.04. The number of carbonyl (C=O) groups is 2. The molecule has 33 heavy (non-hydrogen) atoms. The lowest BCUT2D eigenvalue weighted by Gasteiger charge is -2.25. The third-order valence-electron chi connectivity index (χ3n) is 4.67. The third kappa shape index (κ3) is 4.77. The van der Waals surface area contributed by atoms with Gasteiger partial charge in [0.25, 0.3) is 0 Å². The van der Waals surface area contributed by atoms with Crippen LogP contribution in [0.15, 0.2) is 24.3 Å². The zero-order valence-corrected chi connectivity index (χ0v) is 17.2. The molecule has 0 aliphatic carbocycles. The van der Waals surface area contributed by atoms with E-state index >= 15 is 0 Å². The van der Waals surface area contributed by atoms with Gasteiger partial charge in [-0.05, 0) is 18.2 Å². The highest BCUT2D eigenvalue weighted by molar-refractivity contribution is 6.34. The zero-order chi connectivity index (χ0) is 24.7. The number of rotatable bonds is 3. The van der Waals surface area contributed by atoms with Gasteiger partial charge in [-0.15, -0.1) is 0 Å². The van der Waals surface area contributed by atoms with Crippen LogP contribution < -0.4 is 15.5 Å². The van der Waals surface area contributed by atoms with Crippen LogP contribution in [0.25, 0.3) is 11.1 Å². The van der Waals surface area contributed by atoms with Gasteiger partial charge in [0.2, 0.25) is 0 Å². The van der Waals surface area contributed by atoms with E-state index in [1.807, 2.05) is 5.32 Å². The minimum absolute atomic E-state index is 0.0417. The Labute approximate surface area is 186 Å². The highest BCUT2D eigenvalue weighted by Gasteiger charge is 2.42. The predicted molar refractivity (Wildman–Crippen MR) is 104 cm³/mol. The second-order valence-corrected chi connectivity index (χ2v) is 7.08. The lowest BCUT2D eigenvalue weighted by Crippen LogP contribution is -2.29. The summed E-state index contributed by atoms with van der Waals surface area (Å²) in [6.07, 6.45) is -11.6. The molecule has 2 aromatic carbocycles. The molecule has 1 heterocycles. The molecule has 0 bridgehead atoms. The van der Waals surface area contributed by atoms with Crippen LogP contribution in [-0.4, -0.2) is 32.3 Å². The Balaban J connectivity index is 2.36. The highest BCUT2D eigenvalue weighted by atomic mass is 35.5. The molecule has 2 N–H and O–H groups in total. The van der Waals surface area contributed by atoms with Gasteiger partial charge in [-0.25, -0.2) is 14.0 Å². The molecule has 0 radical (unpaired) electrons. The Bertz CT molecular complexity index is 1120. The fraction of sp³-hybridized carbons (Fsp3) is 0.263. The number of nitrogens with zero attached hydrogens (tertiary/aromatic N) is 1. The van der Waals surface area contributed by atoms with Gasteiger partial charge in [0, 0.05) is 24.2 Å². The van der Waals surface area contributed by atoms with Crippen molar-refractivity contribution in [2.45, 2.75) is 12.4 Å². The number of ether oxygens (including phenoxy) is 1. The zero-order valence-electron chi connectivity index (χ0n) is 16.4. The molecule has 1 fully saturated rings. The lowest BCUT2D eigenvalue weighted by atomic mass is 9.93. The first-order chi connectivity index (χ1) is 15.3. The number of carbonyl (C=O) groups excluding carboxylic acids is 2. The summed E-state index contributed by atoms with van der Waals surface area (Å²) in [5, 5.41) is 3.32. The number of hydrogen-bond donors (Lipinski definition) is 2. The van der Waals surface area contributed by atoms with Crippen molar-refractivity contribution in [2.24, 2.45) is 0 Å². The summed E-state index contributed by atoms with van der Waals surface area (Å²) in [6, 6.07) is 1.03. The Kier molecular flexibility index (Phi) is 6.37. The molecule has 0 unspecified atom stereocenters. The summed E-state index contributed by atoms with van der Waals surface area (Å²) < 4.78 is 101. The monoisotopic (exact) mass is 499 g/mol. The molecule has 2 aromatic rings. The van der Waals surface area contributed by atoms with E-state index in [0.29, 0.717) is 11.0 Å². The fourth-order valence-corrected chi connectivity index (χ4v) is 3.47. The van der Waals surface area contributed by atoms with Gasteiger partial charge in [-0.2, -0.15) is 26.3 Å². The summed E-state index contributed by atoms with van der Waals surface area (Å²) in [5.41, 5.74) is -6.31. The van der Waals surface area contributed by atoms with Crippen LogP contribution in [0.4, 0.5) is 51.7 Å². The minimum atomic E-state index is -5.33. The largest absolute Gasteiger partial charge is 0.453 e. The maximum Gasteiger partial charge on any atom is 0.417 e. The summed E-state index contributed by atoms with van der Waals surface area (Å²) in [4.78, 5) is 24.1. The van der Waals surface area contributed by atoms with Crippen LogP contribution in [-0.2, 0) is 17.1 Å². The second-order valence-electron chi connectivity index (χ2n) is 6.70. The van der Waals surface area contributed by atoms with Crippen LogP contribution in [0.3, 0.4) is 0 Å². The molecule has 3 rings (SSSR count). The van der Waals surface area contributed by atoms with E-state index in [-0.39, 0.29) is 19.2 Å². The van der Waals surface area contributed by atoms with Gasteiger partial charge >= 0.3 is 24.5 Å². The van der Waals surface area contributed by atoms with Gasteiger partial charge in [0.15, 0.2) is 5.82 Å². The quantitative estimate of drug-likeness (QED) is 0.517. The summed E-state index contributed by atoms with van der Waals surface area (Å²) >= 11 is 5.95. The van der Waals surface area contributed by atoms with Gasteiger partial charge in [0.05, 0.1) is 34.6 Å². The molecule has 0 spiro atoms. The maximum atomic E-state index is 14.8. The van der Waals surface area contributed by atoms with Crippen LogP contribution >= 0.6 is 11.6 Å². The normalized spacial score (nSPS) is 14.3. The molecular weight excluding hydrogens is 487 g/mol. The summed E-state index contributed by atoms with van der Waals surface area (Å²) in [7, 11) is 0.981. The van der Waals surface area contributed by atoms with Gasteiger partial charge < -0.3 is 10.1 Å². The van der Waals surface area contributed by atoms with Crippen molar-refractivity contribution in [3.8, 4) is 11.1 Å². The molecule has 14 heteroatoms. The van der Waals surface area contributed by atoms with E-state index in [2.05, 4.69) is 10.1 Å². The summed E-state index contributed by atoms with van der Waals surface area (Å²) in [6.45, 7) is -0.285. The van der Waals surface area contributed by atoms with Crippen molar-refractivity contribution in [1.82, 2.24) is 5.32 Å². The van der Waals surface area contributed by atoms with Crippen LogP contribution in [0.2, 0.25) is 5.02 Å². The molecule has 0 aromatic heterocycles. The molecule has 0 saturated carbocycles. The SMILES string of the molecule is COC(=O)Nc1ccc(-c2c(N3CCNC3=O)cc(C(F)(F)F)cc2C(F)(F)F)c(Cl)c1F. The molecule has 0 atom stereocenters. The van der Waals surface area contributed by atoms with E-state index in [4.69, 9.17) is 11.6 Å². The average molecular weight is 500 g/mol. The number of urea groups is 1. The second kappa shape index (κ2) is 8.61. The first-order valence-electron chi connectivity index (χ1n) is 8.96. The van der Waals surface area contributed by atoms with E-state index in [0.717, 1.165) is 19.2 Å². The molecule has 178 valence electrons. The fourth-order valence-electron chi connectivity index (χ4n) is 3.21. The number of nitrogens with one attached hydrogen (secondary N) is 2. The number of benzene rings is 2. The standard InChI is InChI=1S/C19H13ClF7N3O3/c1-33-17(32)29-11-3-2-9(14(20)15(11)21)13-10(19(25,26)27)6-8(18(22,23)24)7-12(13)30-5-4-28-16(30)31/h2-3,6-7H,4-5H2,1H3,(H,28,31)(H,29,32). The van der Waals surface area contributed by atoms with Crippen molar-refractivity contribution in [3.05, 3.63) is 46.2 Å². The Hall–Kier alpha value is -3.22. The Morgan fingerprint density at radius 1 is 1.15 bits per heavy atom. The van der Waals surface area contributed by atoms with Crippen molar-refractivity contribution in [1.29, 1.82) is 0 Å². The van der Waals surface area contributed by atoms with Crippen molar-refractivity contribution in [3.63, 3.8) is 0 Å². The van der Waals surface area contributed by atoms with E-state index in [1.165, 1.54) is 0 Å². The van der Waals surface area contributed by atoms with Gasteiger partial charge in [-0.3, -0.25) is 10.2 Å². The number of hydrogen-bond acceptors (Lipinski definition) is 3. The van der Waals surface area contributed by atoms with Crippen molar-refractivity contribution < 1.29 is 45.1 Å². The first-order valence-corrected chi connectivity index (χ1v) is 9.34. The van der Waals surface area contributed by atoms with E-state index in [1.54, 1.807) is 0 Å². The van der Waals surface area contributed by atoms with E-state index < -0.39 is 68.9 Å². The molecule has 1 aliphatic rings. The molecular formula is C19H13ClF7N3O3. The minimum Gasteiger partial charge on any atom is -0.453 e. The average Bonchev–Trinajstić information content (AvgIpc) is 3.15. The molecule has 3 amide bonds. The number of methoxy groups -OCH3 is 1. The molecule has 1 aliphatic heterocycles. The van der Waals surface area contributed by atoms with Crippen LogP contribution in [0, 0.1) is 5.82 Å². The summed E-state index contributed by atoms with van der Waals surface area (Å²) in [5.74, 6) is -1.36. The number of amides is 3. The van der Waals surface area contributed by atoms with Crippen molar-refractivity contribution in [2.75, 3.05) is 30.4 Å². The predicted octanol–water partition coefficient (Wildman–Crippen LogP) is 5.89. The number of halogens is 8. The Morgan fingerprint density at radius 3 is 2.33 bits per heavy atom. The number of anilines is 2. The molecule has 1 saturated heterocycles.